The van der Waals surface area contributed by atoms with Crippen molar-refractivity contribution in [2.24, 2.45) is 0 Å². The molecule has 1 heterocycles. The van der Waals surface area contributed by atoms with E-state index in [0.29, 0.717) is 5.56 Å². The molecule has 1 aromatic heterocycles. The van der Waals surface area contributed by atoms with Gasteiger partial charge in [-0.1, -0.05) is 17.3 Å². The Morgan fingerprint density at radius 3 is 2.78 bits per heavy atom. The van der Waals surface area contributed by atoms with Gasteiger partial charge in [0, 0.05) is 4.47 Å². The average Bonchev–Trinajstić information content (AvgIpc) is 2.82. The summed E-state index contributed by atoms with van der Waals surface area (Å²) in [7, 11) is 0. The zero-order chi connectivity index (χ0) is 12.5. The molecule has 5 heteroatoms. The average molecular weight is 299 g/mol. The molecule has 3 rings (SSSR count). The highest BCUT2D eigenvalue weighted by Gasteiger charge is 2.07. The molecule has 0 fully saturated rings. The van der Waals surface area contributed by atoms with Crippen LogP contribution in [0, 0.1) is 11.3 Å². The summed E-state index contributed by atoms with van der Waals surface area (Å²) in [6.45, 7) is 0. The number of hydrogen-bond acceptors (Lipinski definition) is 3. The number of benzene rings is 2. The van der Waals surface area contributed by atoms with E-state index in [-0.39, 0.29) is 0 Å². The molecule has 0 aliphatic rings. The van der Waals surface area contributed by atoms with Crippen molar-refractivity contribution in [2.75, 3.05) is 0 Å². The first kappa shape index (κ1) is 10.9. The number of nitriles is 1. The van der Waals surface area contributed by atoms with Gasteiger partial charge in [-0.15, -0.1) is 5.10 Å². The molecule has 4 nitrogen and oxygen atoms in total. The molecule has 0 N–H and O–H groups in total. The Morgan fingerprint density at radius 1 is 1.17 bits per heavy atom. The van der Waals surface area contributed by atoms with E-state index in [2.05, 4.69) is 32.3 Å². The minimum Gasteiger partial charge on any atom is -0.213 e. The zero-order valence-corrected chi connectivity index (χ0v) is 10.8. The van der Waals surface area contributed by atoms with Crippen molar-refractivity contribution in [3.8, 4) is 11.8 Å². The number of aromatic nitrogens is 3. The van der Waals surface area contributed by atoms with Gasteiger partial charge in [-0.25, -0.2) is 4.68 Å². The normalized spacial score (nSPS) is 10.4. The minimum absolute atomic E-state index is 0.600. The van der Waals surface area contributed by atoms with Crippen LogP contribution in [0.15, 0.2) is 46.9 Å². The first-order chi connectivity index (χ1) is 8.79. The molecular weight excluding hydrogens is 292 g/mol. The number of nitrogens with zero attached hydrogens (tertiary/aromatic N) is 4. The fourth-order valence-corrected chi connectivity index (χ4v) is 2.24. The summed E-state index contributed by atoms with van der Waals surface area (Å²) in [5.41, 5.74) is 3.25. The molecule has 0 spiro atoms. The van der Waals surface area contributed by atoms with Crippen LogP contribution in [0.1, 0.15) is 5.56 Å². The number of para-hydroxylation sites is 1. The summed E-state index contributed by atoms with van der Waals surface area (Å²) in [6, 6.07) is 15.3. The number of halogens is 1. The second kappa shape index (κ2) is 4.24. The Hall–Kier alpha value is -2.19. The van der Waals surface area contributed by atoms with E-state index in [1.54, 1.807) is 10.7 Å². The molecule has 0 bridgehead atoms. The van der Waals surface area contributed by atoms with Crippen molar-refractivity contribution in [1.82, 2.24) is 15.0 Å². The first-order valence-corrected chi connectivity index (χ1v) is 6.09. The molecular formula is C13H7BrN4. The fraction of sp³-hybridized carbons (Fsp3) is 0. The van der Waals surface area contributed by atoms with Gasteiger partial charge < -0.3 is 0 Å². The van der Waals surface area contributed by atoms with Gasteiger partial charge in [-0.3, -0.25) is 0 Å². The standard InChI is InChI=1S/C13H7BrN4/c14-11-7-10(6-5-9(11)8-15)18-13-4-2-1-3-12(13)16-17-18/h1-7H. The van der Waals surface area contributed by atoms with Crippen LogP contribution in [0.25, 0.3) is 16.7 Å². The van der Waals surface area contributed by atoms with Crippen LogP contribution < -0.4 is 0 Å². The summed E-state index contributed by atoms with van der Waals surface area (Å²) < 4.78 is 2.50. The summed E-state index contributed by atoms with van der Waals surface area (Å²) in [6.07, 6.45) is 0. The lowest BCUT2D eigenvalue weighted by Crippen LogP contribution is -1.96. The summed E-state index contributed by atoms with van der Waals surface area (Å²) in [4.78, 5) is 0. The van der Waals surface area contributed by atoms with Gasteiger partial charge in [0.25, 0.3) is 0 Å². The lowest BCUT2D eigenvalue weighted by molar-refractivity contribution is 0.823. The lowest BCUT2D eigenvalue weighted by Gasteiger charge is -2.03. The topological polar surface area (TPSA) is 54.5 Å². The molecule has 0 saturated carbocycles. The minimum atomic E-state index is 0.600. The molecule has 0 saturated heterocycles. The molecule has 0 aliphatic heterocycles. The number of fused-ring (bicyclic) bond motifs is 1. The summed E-state index contributed by atoms with van der Waals surface area (Å²) in [5, 5.41) is 17.1. The Balaban J connectivity index is 2.21. The van der Waals surface area contributed by atoms with Crippen LogP contribution in [0.2, 0.25) is 0 Å². The van der Waals surface area contributed by atoms with E-state index in [1.165, 1.54) is 0 Å². The summed E-state index contributed by atoms with van der Waals surface area (Å²) >= 11 is 3.37. The molecule has 86 valence electrons. The lowest BCUT2D eigenvalue weighted by atomic mass is 10.2. The highest BCUT2D eigenvalue weighted by molar-refractivity contribution is 9.10. The second-order valence-corrected chi connectivity index (χ2v) is 4.62. The van der Waals surface area contributed by atoms with Crippen molar-refractivity contribution in [3.63, 3.8) is 0 Å². The highest BCUT2D eigenvalue weighted by Crippen LogP contribution is 2.22. The van der Waals surface area contributed by atoms with Crippen molar-refractivity contribution < 1.29 is 0 Å². The second-order valence-electron chi connectivity index (χ2n) is 3.77. The van der Waals surface area contributed by atoms with Crippen molar-refractivity contribution in [3.05, 3.63) is 52.5 Å². The quantitative estimate of drug-likeness (QED) is 0.694. The van der Waals surface area contributed by atoms with Crippen LogP contribution in [0.3, 0.4) is 0 Å². The molecule has 0 aliphatic carbocycles. The maximum atomic E-state index is 8.90. The maximum absolute atomic E-state index is 8.90. The van der Waals surface area contributed by atoms with Crippen LogP contribution in [-0.2, 0) is 0 Å². The third-order valence-corrected chi connectivity index (χ3v) is 3.33. The van der Waals surface area contributed by atoms with Crippen molar-refractivity contribution in [1.29, 1.82) is 5.26 Å². The van der Waals surface area contributed by atoms with Crippen LogP contribution in [-0.4, -0.2) is 15.0 Å². The van der Waals surface area contributed by atoms with Crippen LogP contribution in [0.4, 0.5) is 0 Å². The molecule has 0 amide bonds. The third kappa shape index (κ3) is 1.67. The molecule has 0 atom stereocenters. The fourth-order valence-electron chi connectivity index (χ4n) is 1.79. The van der Waals surface area contributed by atoms with Gasteiger partial charge in [0.15, 0.2) is 0 Å². The van der Waals surface area contributed by atoms with Crippen LogP contribution >= 0.6 is 15.9 Å². The smallest absolute Gasteiger partial charge is 0.113 e. The maximum Gasteiger partial charge on any atom is 0.113 e. The van der Waals surface area contributed by atoms with Gasteiger partial charge in [0.2, 0.25) is 0 Å². The molecule has 18 heavy (non-hydrogen) atoms. The van der Waals surface area contributed by atoms with E-state index in [0.717, 1.165) is 21.2 Å². The number of rotatable bonds is 1. The Morgan fingerprint density at radius 2 is 2.00 bits per heavy atom. The molecule has 0 unspecified atom stereocenters. The summed E-state index contributed by atoms with van der Waals surface area (Å²) in [5.74, 6) is 0. The predicted molar refractivity (Wildman–Crippen MR) is 71.3 cm³/mol. The van der Waals surface area contributed by atoms with Gasteiger partial charge in [-0.05, 0) is 46.3 Å². The van der Waals surface area contributed by atoms with Crippen LogP contribution in [0.5, 0.6) is 0 Å². The van der Waals surface area contributed by atoms with Crippen molar-refractivity contribution in [2.45, 2.75) is 0 Å². The molecule has 2 aromatic carbocycles. The SMILES string of the molecule is N#Cc1ccc(-n2nnc3ccccc32)cc1Br. The third-order valence-electron chi connectivity index (χ3n) is 2.67. The van der Waals surface area contributed by atoms with E-state index in [1.807, 2.05) is 36.4 Å². The largest absolute Gasteiger partial charge is 0.213 e. The monoisotopic (exact) mass is 298 g/mol. The van der Waals surface area contributed by atoms with Gasteiger partial charge in [0.05, 0.1) is 16.8 Å². The molecule has 3 aromatic rings. The van der Waals surface area contributed by atoms with Gasteiger partial charge in [-0.2, -0.15) is 5.26 Å². The Bertz CT molecular complexity index is 770. The van der Waals surface area contributed by atoms with E-state index in [9.17, 15) is 0 Å². The number of hydrogen-bond donors (Lipinski definition) is 0. The van der Waals surface area contributed by atoms with Crippen molar-refractivity contribution >= 4 is 27.0 Å². The van der Waals surface area contributed by atoms with E-state index in [4.69, 9.17) is 5.26 Å². The van der Waals surface area contributed by atoms with Gasteiger partial charge in [0.1, 0.15) is 11.6 Å². The van der Waals surface area contributed by atoms with E-state index < -0.39 is 0 Å². The Kier molecular flexibility index (Phi) is 2.58. The predicted octanol–water partition coefficient (Wildman–Crippen LogP) is 3.05. The first-order valence-electron chi connectivity index (χ1n) is 5.30. The molecule has 0 radical (unpaired) electrons. The Labute approximate surface area is 112 Å². The zero-order valence-electron chi connectivity index (χ0n) is 9.21. The van der Waals surface area contributed by atoms with E-state index >= 15 is 0 Å². The highest BCUT2D eigenvalue weighted by atomic mass is 79.9. The van der Waals surface area contributed by atoms with Gasteiger partial charge >= 0.3 is 0 Å².